The van der Waals surface area contributed by atoms with Crippen LogP contribution in [0.1, 0.15) is 32.8 Å². The summed E-state index contributed by atoms with van der Waals surface area (Å²) in [6, 6.07) is 4.05. The van der Waals surface area contributed by atoms with Gasteiger partial charge < -0.3 is 5.11 Å². The number of Topliss-reactive ketones (excluding diaryl/α,β-unsaturated/α-hetero) is 1. The number of ketones is 1. The van der Waals surface area contributed by atoms with E-state index in [0.29, 0.717) is 17.7 Å². The number of sulfonamides is 1. The Hall–Kier alpha value is -0.410. The zero-order chi connectivity index (χ0) is 18.5. The van der Waals surface area contributed by atoms with Crippen LogP contribution in [0.15, 0.2) is 27.6 Å². The van der Waals surface area contributed by atoms with Crippen LogP contribution < -0.4 is 4.72 Å². The highest BCUT2D eigenvalue weighted by Gasteiger charge is 2.37. The number of rotatable bonds is 9. The summed E-state index contributed by atoms with van der Waals surface area (Å²) >= 11 is 4.78. The van der Waals surface area contributed by atoms with Gasteiger partial charge in [-0.1, -0.05) is 15.9 Å². The van der Waals surface area contributed by atoms with Crippen molar-refractivity contribution in [2.24, 2.45) is 0 Å². The highest BCUT2D eigenvalue weighted by Crippen LogP contribution is 2.31. The van der Waals surface area contributed by atoms with Crippen LogP contribution in [-0.4, -0.2) is 42.5 Å². The third-order valence-electron chi connectivity index (χ3n) is 3.58. The molecule has 5 nitrogen and oxygen atoms in total. The Bertz CT molecular complexity index is 689. The first kappa shape index (κ1) is 21.6. The molecule has 2 N–H and O–H groups in total. The van der Waals surface area contributed by atoms with Crippen LogP contribution in [0.3, 0.4) is 0 Å². The second-order valence-corrected chi connectivity index (χ2v) is 10.5. The standard InChI is InChI=1S/C16H24BrNO4S2/c1-11-10-13(17)6-7-14(11)24(21,22)18-15(12(2)20)16(3,4)23-9-5-8-19/h6-7,10,15,18-19H,5,8-9H2,1-4H3/t15-/m0/s1. The SMILES string of the molecule is CC(=O)[C@H](NS(=O)(=O)c1ccc(Br)cc1C)C(C)(C)SCCCO. The molecule has 24 heavy (non-hydrogen) atoms. The van der Waals surface area contributed by atoms with Gasteiger partial charge in [0, 0.05) is 15.8 Å². The van der Waals surface area contributed by atoms with E-state index in [0.717, 1.165) is 4.47 Å². The molecule has 0 heterocycles. The number of halogens is 1. The molecule has 0 aliphatic rings. The van der Waals surface area contributed by atoms with Crippen molar-refractivity contribution in [3.8, 4) is 0 Å². The maximum Gasteiger partial charge on any atom is 0.241 e. The van der Waals surface area contributed by atoms with Gasteiger partial charge in [-0.3, -0.25) is 4.79 Å². The van der Waals surface area contributed by atoms with Crippen LogP contribution in [0.25, 0.3) is 0 Å². The van der Waals surface area contributed by atoms with Crippen molar-refractivity contribution < 1.29 is 18.3 Å². The first-order chi connectivity index (χ1) is 11.0. The van der Waals surface area contributed by atoms with E-state index < -0.39 is 20.8 Å². The fourth-order valence-corrected chi connectivity index (χ4v) is 5.70. The second-order valence-electron chi connectivity index (χ2n) is 6.10. The van der Waals surface area contributed by atoms with E-state index in [1.165, 1.54) is 24.8 Å². The van der Waals surface area contributed by atoms with Gasteiger partial charge in [0.25, 0.3) is 0 Å². The monoisotopic (exact) mass is 437 g/mol. The molecule has 0 saturated heterocycles. The first-order valence-corrected chi connectivity index (χ1v) is 10.8. The molecule has 0 unspecified atom stereocenters. The average molecular weight is 438 g/mol. The van der Waals surface area contributed by atoms with Gasteiger partial charge in [0.05, 0.1) is 10.9 Å². The molecule has 136 valence electrons. The summed E-state index contributed by atoms with van der Waals surface area (Å²) in [5.41, 5.74) is 0.602. The molecule has 0 radical (unpaired) electrons. The average Bonchev–Trinajstić information content (AvgIpc) is 2.44. The first-order valence-electron chi connectivity index (χ1n) is 7.55. The van der Waals surface area contributed by atoms with E-state index in [2.05, 4.69) is 20.7 Å². The molecule has 0 aromatic heterocycles. The van der Waals surface area contributed by atoms with Crippen molar-refractivity contribution in [2.45, 2.75) is 49.8 Å². The number of thioether (sulfide) groups is 1. The lowest BCUT2D eigenvalue weighted by atomic mass is 10.0. The maximum atomic E-state index is 12.7. The highest BCUT2D eigenvalue weighted by molar-refractivity contribution is 9.10. The van der Waals surface area contributed by atoms with Crippen molar-refractivity contribution in [1.29, 1.82) is 0 Å². The van der Waals surface area contributed by atoms with Gasteiger partial charge >= 0.3 is 0 Å². The lowest BCUT2D eigenvalue weighted by Gasteiger charge is -2.32. The van der Waals surface area contributed by atoms with Crippen molar-refractivity contribution in [3.63, 3.8) is 0 Å². The van der Waals surface area contributed by atoms with E-state index in [4.69, 9.17) is 5.11 Å². The fraction of sp³-hybridized carbons (Fsp3) is 0.562. The van der Waals surface area contributed by atoms with Gasteiger partial charge in [-0.15, -0.1) is 0 Å². The van der Waals surface area contributed by atoms with E-state index in [9.17, 15) is 13.2 Å². The minimum atomic E-state index is -3.82. The molecular formula is C16H24BrNO4S2. The van der Waals surface area contributed by atoms with Crippen molar-refractivity contribution >= 4 is 43.5 Å². The summed E-state index contributed by atoms with van der Waals surface area (Å²) in [6.45, 7) is 6.83. The van der Waals surface area contributed by atoms with E-state index >= 15 is 0 Å². The van der Waals surface area contributed by atoms with Crippen LogP contribution in [0, 0.1) is 6.92 Å². The summed E-state index contributed by atoms with van der Waals surface area (Å²) in [5, 5.41) is 8.90. The van der Waals surface area contributed by atoms with E-state index in [1.807, 2.05) is 13.8 Å². The molecule has 0 amide bonds. The Labute approximate surface area is 156 Å². The predicted octanol–water partition coefficient (Wildman–Crippen LogP) is 2.89. The molecule has 1 rings (SSSR count). The summed E-state index contributed by atoms with van der Waals surface area (Å²) in [7, 11) is -3.82. The highest BCUT2D eigenvalue weighted by atomic mass is 79.9. The number of aryl methyl sites for hydroxylation is 1. The minimum absolute atomic E-state index is 0.0671. The Kier molecular flexibility index (Phi) is 7.93. The van der Waals surface area contributed by atoms with Crippen molar-refractivity contribution in [3.05, 3.63) is 28.2 Å². The Morgan fingerprint density at radius 2 is 2.04 bits per heavy atom. The minimum Gasteiger partial charge on any atom is -0.396 e. The van der Waals surface area contributed by atoms with Gasteiger partial charge in [-0.25, -0.2) is 8.42 Å². The maximum absolute atomic E-state index is 12.7. The van der Waals surface area contributed by atoms with Gasteiger partial charge in [0.2, 0.25) is 10.0 Å². The number of carbonyl (C=O) groups is 1. The quantitative estimate of drug-likeness (QED) is 0.580. The second kappa shape index (κ2) is 8.80. The number of hydrogen-bond acceptors (Lipinski definition) is 5. The van der Waals surface area contributed by atoms with E-state index in [-0.39, 0.29) is 17.3 Å². The summed E-state index contributed by atoms with van der Waals surface area (Å²) in [4.78, 5) is 12.2. The number of benzene rings is 1. The number of carbonyl (C=O) groups excluding carboxylic acids is 1. The van der Waals surface area contributed by atoms with Crippen LogP contribution in [0.2, 0.25) is 0 Å². The number of aliphatic hydroxyl groups is 1. The van der Waals surface area contributed by atoms with Gasteiger partial charge in [0.15, 0.2) is 0 Å². The van der Waals surface area contributed by atoms with Crippen LogP contribution in [-0.2, 0) is 14.8 Å². The smallest absolute Gasteiger partial charge is 0.241 e. The summed E-state index contributed by atoms with van der Waals surface area (Å²) < 4.78 is 28.2. The van der Waals surface area contributed by atoms with Crippen molar-refractivity contribution in [1.82, 2.24) is 4.72 Å². The third kappa shape index (κ3) is 5.84. The largest absolute Gasteiger partial charge is 0.396 e. The van der Waals surface area contributed by atoms with E-state index in [1.54, 1.807) is 19.1 Å². The van der Waals surface area contributed by atoms with Crippen LogP contribution in [0.4, 0.5) is 0 Å². The predicted molar refractivity (Wildman–Crippen MR) is 102 cm³/mol. The molecule has 0 aliphatic heterocycles. The molecule has 0 fully saturated rings. The molecule has 1 aromatic rings. The van der Waals surface area contributed by atoms with Gasteiger partial charge in [-0.05, 0) is 63.6 Å². The topological polar surface area (TPSA) is 83.5 Å². The molecule has 0 bridgehead atoms. The molecule has 0 saturated carbocycles. The third-order valence-corrected chi connectivity index (χ3v) is 7.13. The molecule has 1 aromatic carbocycles. The molecule has 8 heteroatoms. The fourth-order valence-electron chi connectivity index (χ4n) is 2.33. The Balaban J connectivity index is 3.08. The number of aliphatic hydroxyl groups excluding tert-OH is 1. The molecule has 0 spiro atoms. The van der Waals surface area contributed by atoms with Crippen LogP contribution >= 0.6 is 27.7 Å². The molecule has 1 atom stereocenters. The molecular weight excluding hydrogens is 414 g/mol. The zero-order valence-corrected chi connectivity index (χ0v) is 17.5. The lowest BCUT2D eigenvalue weighted by molar-refractivity contribution is -0.119. The normalized spacial score (nSPS) is 13.8. The Morgan fingerprint density at radius 1 is 1.42 bits per heavy atom. The van der Waals surface area contributed by atoms with Gasteiger partial charge in [0.1, 0.15) is 5.78 Å². The van der Waals surface area contributed by atoms with Crippen molar-refractivity contribution in [2.75, 3.05) is 12.4 Å². The van der Waals surface area contributed by atoms with Crippen LogP contribution in [0.5, 0.6) is 0 Å². The molecule has 0 aliphatic carbocycles. The Morgan fingerprint density at radius 3 is 2.54 bits per heavy atom. The van der Waals surface area contributed by atoms with Gasteiger partial charge in [-0.2, -0.15) is 16.5 Å². The lowest BCUT2D eigenvalue weighted by Crippen LogP contribution is -2.51. The summed E-state index contributed by atoms with van der Waals surface area (Å²) in [6.07, 6.45) is 0.595. The summed E-state index contributed by atoms with van der Waals surface area (Å²) in [5.74, 6) is 0.404. The number of nitrogens with one attached hydrogen (secondary N) is 1. The number of hydrogen-bond donors (Lipinski definition) is 2. The zero-order valence-electron chi connectivity index (χ0n) is 14.3.